The molecule has 1 aromatic carbocycles. The summed E-state index contributed by atoms with van der Waals surface area (Å²) < 4.78 is 52.9. The second kappa shape index (κ2) is 5.87. The van der Waals surface area contributed by atoms with Crippen molar-refractivity contribution in [2.45, 2.75) is 0 Å². The lowest BCUT2D eigenvalue weighted by molar-refractivity contribution is -0.137. The monoisotopic (exact) mass is 292 g/mol. The van der Waals surface area contributed by atoms with Crippen LogP contribution in [0.5, 0.6) is 0 Å². The van der Waals surface area contributed by atoms with Crippen LogP contribution in [-0.4, -0.2) is 38.8 Å². The van der Waals surface area contributed by atoms with E-state index in [0.29, 0.717) is 6.07 Å². The molecule has 8 heteroatoms. The minimum atomic E-state index is -4.05. The van der Waals surface area contributed by atoms with Crippen molar-refractivity contribution < 1.29 is 31.5 Å². The van der Waals surface area contributed by atoms with E-state index in [9.17, 15) is 26.8 Å². The van der Waals surface area contributed by atoms with Crippen molar-refractivity contribution in [1.29, 1.82) is 0 Å². The number of halogens is 2. The van der Waals surface area contributed by atoms with E-state index in [0.717, 1.165) is 19.2 Å². The Morgan fingerprint density at radius 2 is 1.84 bits per heavy atom. The summed E-state index contributed by atoms with van der Waals surface area (Å²) in [7, 11) is -3.05. The smallest absolute Gasteiger partial charge is 0.320 e. The van der Waals surface area contributed by atoms with Crippen LogP contribution in [0.1, 0.15) is 10.4 Å². The second-order valence-electron chi connectivity index (χ2n) is 3.66. The summed E-state index contributed by atoms with van der Waals surface area (Å²) in [5.41, 5.74) is -0.546. The van der Waals surface area contributed by atoms with Crippen LogP contribution < -0.4 is 0 Å². The van der Waals surface area contributed by atoms with E-state index in [1.807, 2.05) is 0 Å². The molecular weight excluding hydrogens is 282 g/mol. The standard InChI is InChI=1S/C11H10F2O5S/c1-18-11(15)6-19(16,17)5-10(14)8-3-2-7(12)4-9(8)13/h2-4H,5-6H2,1H3. The third kappa shape index (κ3) is 4.40. The maximum Gasteiger partial charge on any atom is 0.320 e. The number of ether oxygens (including phenoxy) is 1. The van der Waals surface area contributed by atoms with Crippen molar-refractivity contribution in [2.24, 2.45) is 0 Å². The zero-order valence-corrected chi connectivity index (χ0v) is 10.7. The summed E-state index contributed by atoms with van der Waals surface area (Å²) in [5.74, 6) is -6.14. The maximum absolute atomic E-state index is 13.3. The Balaban J connectivity index is 2.88. The normalized spacial score (nSPS) is 11.1. The van der Waals surface area contributed by atoms with Crippen LogP contribution in [-0.2, 0) is 19.4 Å². The Morgan fingerprint density at radius 3 is 2.37 bits per heavy atom. The molecule has 0 aliphatic carbocycles. The fourth-order valence-electron chi connectivity index (χ4n) is 1.28. The number of Topliss-reactive ketones (excluding diaryl/α,β-unsaturated/α-hetero) is 1. The van der Waals surface area contributed by atoms with Crippen molar-refractivity contribution in [1.82, 2.24) is 0 Å². The van der Waals surface area contributed by atoms with Crippen molar-refractivity contribution >= 4 is 21.6 Å². The van der Waals surface area contributed by atoms with Crippen LogP contribution in [0.4, 0.5) is 8.78 Å². The Labute approximate surface area is 108 Å². The number of hydrogen-bond acceptors (Lipinski definition) is 5. The van der Waals surface area contributed by atoms with Gasteiger partial charge in [0.15, 0.2) is 15.6 Å². The van der Waals surface area contributed by atoms with E-state index in [1.54, 1.807) is 0 Å². The highest BCUT2D eigenvalue weighted by Gasteiger charge is 2.23. The third-order valence-corrected chi connectivity index (χ3v) is 3.53. The molecule has 0 spiro atoms. The Kier molecular flexibility index (Phi) is 4.71. The van der Waals surface area contributed by atoms with E-state index < -0.39 is 50.3 Å². The zero-order chi connectivity index (χ0) is 14.6. The molecule has 0 aromatic heterocycles. The predicted molar refractivity (Wildman–Crippen MR) is 61.4 cm³/mol. The number of sulfone groups is 1. The number of ketones is 1. The van der Waals surface area contributed by atoms with Gasteiger partial charge in [0.2, 0.25) is 0 Å². The molecule has 0 saturated carbocycles. The fraction of sp³-hybridized carbons (Fsp3) is 0.273. The molecule has 1 aromatic rings. The van der Waals surface area contributed by atoms with Gasteiger partial charge in [-0.05, 0) is 12.1 Å². The molecule has 0 atom stereocenters. The lowest BCUT2D eigenvalue weighted by Crippen LogP contribution is -2.25. The Hall–Kier alpha value is -1.83. The van der Waals surface area contributed by atoms with Gasteiger partial charge in [-0.25, -0.2) is 17.2 Å². The van der Waals surface area contributed by atoms with Crippen LogP contribution in [0, 0.1) is 11.6 Å². The minimum Gasteiger partial charge on any atom is -0.468 e. The van der Waals surface area contributed by atoms with Crippen molar-refractivity contribution in [2.75, 3.05) is 18.6 Å². The SMILES string of the molecule is COC(=O)CS(=O)(=O)CC(=O)c1ccc(F)cc1F. The molecule has 5 nitrogen and oxygen atoms in total. The van der Waals surface area contributed by atoms with Crippen LogP contribution in [0.3, 0.4) is 0 Å². The largest absolute Gasteiger partial charge is 0.468 e. The van der Waals surface area contributed by atoms with Gasteiger partial charge in [0.25, 0.3) is 0 Å². The van der Waals surface area contributed by atoms with E-state index in [-0.39, 0.29) is 0 Å². The van der Waals surface area contributed by atoms with Crippen LogP contribution in [0.15, 0.2) is 18.2 Å². The van der Waals surface area contributed by atoms with Gasteiger partial charge in [-0.2, -0.15) is 0 Å². The van der Waals surface area contributed by atoms with Crippen molar-refractivity contribution in [3.05, 3.63) is 35.4 Å². The lowest BCUT2D eigenvalue weighted by atomic mass is 10.1. The average Bonchev–Trinajstić information content (AvgIpc) is 2.26. The van der Waals surface area contributed by atoms with Gasteiger partial charge < -0.3 is 4.74 Å². The number of rotatable bonds is 5. The first-order valence-electron chi connectivity index (χ1n) is 5.00. The van der Waals surface area contributed by atoms with Gasteiger partial charge in [0.1, 0.15) is 23.1 Å². The van der Waals surface area contributed by atoms with E-state index in [2.05, 4.69) is 4.74 Å². The molecule has 0 N–H and O–H groups in total. The summed E-state index contributed by atoms with van der Waals surface area (Å²) in [6, 6.07) is 2.16. The van der Waals surface area contributed by atoms with Crippen LogP contribution in [0.2, 0.25) is 0 Å². The lowest BCUT2D eigenvalue weighted by Gasteiger charge is -2.04. The molecule has 0 saturated heterocycles. The molecule has 19 heavy (non-hydrogen) atoms. The third-order valence-electron chi connectivity index (χ3n) is 2.15. The van der Waals surface area contributed by atoms with Crippen molar-refractivity contribution in [3.8, 4) is 0 Å². The predicted octanol–water partition coefficient (Wildman–Crippen LogP) is 0.735. The first-order chi connectivity index (χ1) is 8.75. The maximum atomic E-state index is 13.3. The molecule has 0 heterocycles. The van der Waals surface area contributed by atoms with Crippen LogP contribution >= 0.6 is 0 Å². The highest BCUT2D eigenvalue weighted by atomic mass is 32.2. The minimum absolute atomic E-state index is 0.472. The number of methoxy groups -OCH3 is 1. The average molecular weight is 292 g/mol. The first kappa shape index (κ1) is 15.2. The number of benzene rings is 1. The Morgan fingerprint density at radius 1 is 1.21 bits per heavy atom. The van der Waals surface area contributed by atoms with Gasteiger partial charge >= 0.3 is 5.97 Å². The number of hydrogen-bond donors (Lipinski definition) is 0. The molecule has 0 fully saturated rings. The van der Waals surface area contributed by atoms with Gasteiger partial charge in [0, 0.05) is 6.07 Å². The topological polar surface area (TPSA) is 77.5 Å². The quantitative estimate of drug-likeness (QED) is 0.591. The fourth-order valence-corrected chi connectivity index (χ4v) is 2.42. The van der Waals surface area contributed by atoms with Gasteiger partial charge in [-0.3, -0.25) is 9.59 Å². The van der Waals surface area contributed by atoms with Gasteiger partial charge in [-0.1, -0.05) is 0 Å². The molecule has 0 aliphatic rings. The molecule has 0 amide bonds. The summed E-state index contributed by atoms with van der Waals surface area (Å²) in [5, 5.41) is 0. The molecule has 0 radical (unpaired) electrons. The molecule has 1 rings (SSSR count). The number of carbonyl (C=O) groups excluding carboxylic acids is 2. The first-order valence-corrected chi connectivity index (χ1v) is 6.83. The van der Waals surface area contributed by atoms with Gasteiger partial charge in [0.05, 0.1) is 12.7 Å². The van der Waals surface area contributed by atoms with E-state index in [4.69, 9.17) is 0 Å². The summed E-state index contributed by atoms with van der Waals surface area (Å²) in [6.07, 6.45) is 0. The zero-order valence-electron chi connectivity index (χ0n) is 9.85. The molecule has 104 valence electrons. The number of carbonyl (C=O) groups is 2. The molecular formula is C11H10F2O5S. The van der Waals surface area contributed by atoms with Crippen LogP contribution in [0.25, 0.3) is 0 Å². The van der Waals surface area contributed by atoms with Gasteiger partial charge in [-0.15, -0.1) is 0 Å². The molecule has 0 unspecified atom stereocenters. The molecule has 0 bridgehead atoms. The van der Waals surface area contributed by atoms with E-state index >= 15 is 0 Å². The number of esters is 1. The highest BCUT2D eigenvalue weighted by molar-refractivity contribution is 7.92. The van der Waals surface area contributed by atoms with E-state index in [1.165, 1.54) is 0 Å². The Bertz CT molecular complexity index is 610. The van der Waals surface area contributed by atoms with Crippen molar-refractivity contribution in [3.63, 3.8) is 0 Å². The summed E-state index contributed by atoms with van der Waals surface area (Å²) in [6.45, 7) is 0. The highest BCUT2D eigenvalue weighted by Crippen LogP contribution is 2.11. The summed E-state index contributed by atoms with van der Waals surface area (Å²) >= 11 is 0. The summed E-state index contributed by atoms with van der Waals surface area (Å²) in [4.78, 5) is 22.4. The second-order valence-corrected chi connectivity index (χ2v) is 5.72. The molecule has 0 aliphatic heterocycles.